The molecule has 0 unspecified atom stereocenters. The van der Waals surface area contributed by atoms with Crippen LogP contribution in [0.3, 0.4) is 0 Å². The molecule has 3 N–H and O–H groups in total. The van der Waals surface area contributed by atoms with Gasteiger partial charge in [-0.15, -0.1) is 24.0 Å². The van der Waals surface area contributed by atoms with E-state index in [1.165, 1.54) is 0 Å². The largest absolute Gasteiger partial charge is 0.508 e. The minimum Gasteiger partial charge on any atom is -0.508 e. The van der Waals surface area contributed by atoms with Crippen molar-refractivity contribution in [3.63, 3.8) is 0 Å². The van der Waals surface area contributed by atoms with Gasteiger partial charge in [0, 0.05) is 18.3 Å². The lowest BCUT2D eigenvalue weighted by molar-refractivity contribution is 0.311. The normalized spacial score (nSPS) is 10.7. The van der Waals surface area contributed by atoms with Crippen molar-refractivity contribution >= 4 is 35.6 Å². The molecule has 2 rings (SSSR count). The Labute approximate surface area is 171 Å². The molecular weight excluding hydrogens is 445 g/mol. The van der Waals surface area contributed by atoms with Crippen LogP contribution >= 0.6 is 24.0 Å². The zero-order valence-electron chi connectivity index (χ0n) is 15.3. The Kier molecular flexibility index (Phi) is 9.64. The van der Waals surface area contributed by atoms with Crippen molar-refractivity contribution in [2.45, 2.75) is 20.4 Å². The molecule has 0 spiro atoms. The molecule has 0 fully saturated rings. The number of guanidine groups is 1. The van der Waals surface area contributed by atoms with Gasteiger partial charge in [0.25, 0.3) is 0 Å². The molecular formula is C19H26IN3O3. The van der Waals surface area contributed by atoms with Crippen LogP contribution in [0.4, 0.5) is 5.69 Å². The van der Waals surface area contributed by atoms with E-state index in [-0.39, 0.29) is 29.7 Å². The van der Waals surface area contributed by atoms with Crippen LogP contribution in [-0.4, -0.2) is 31.3 Å². The van der Waals surface area contributed by atoms with Crippen molar-refractivity contribution in [1.82, 2.24) is 5.32 Å². The van der Waals surface area contributed by atoms with Crippen LogP contribution in [0.5, 0.6) is 17.2 Å². The van der Waals surface area contributed by atoms with Gasteiger partial charge in [-0.05, 0) is 43.7 Å². The van der Waals surface area contributed by atoms with Crippen molar-refractivity contribution < 1.29 is 14.6 Å². The lowest BCUT2D eigenvalue weighted by Gasteiger charge is -2.14. The monoisotopic (exact) mass is 471 g/mol. The van der Waals surface area contributed by atoms with E-state index in [1.807, 2.05) is 44.2 Å². The van der Waals surface area contributed by atoms with E-state index in [2.05, 4.69) is 15.6 Å². The van der Waals surface area contributed by atoms with Crippen molar-refractivity contribution in [3.05, 3.63) is 48.0 Å². The number of methoxy groups -OCH3 is 1. The number of benzene rings is 2. The topological polar surface area (TPSA) is 75.1 Å². The molecule has 0 aliphatic rings. The first kappa shape index (κ1) is 21.9. The smallest absolute Gasteiger partial charge is 0.196 e. The van der Waals surface area contributed by atoms with Crippen molar-refractivity contribution in [2.24, 2.45) is 4.99 Å². The van der Waals surface area contributed by atoms with Crippen LogP contribution in [0.15, 0.2) is 47.5 Å². The number of phenolic OH excluding ortho intramolecular Hbond substituents is 1. The maximum absolute atomic E-state index is 9.34. The average Bonchev–Trinajstić information content (AvgIpc) is 2.62. The molecule has 0 aliphatic carbocycles. The van der Waals surface area contributed by atoms with Crippen molar-refractivity contribution in [2.75, 3.05) is 25.6 Å². The molecule has 7 heteroatoms. The number of nitrogens with one attached hydrogen (secondary N) is 2. The number of aromatic hydroxyl groups is 1. The third kappa shape index (κ3) is 6.62. The van der Waals surface area contributed by atoms with Crippen LogP contribution in [0.2, 0.25) is 0 Å². The molecule has 0 heterocycles. The summed E-state index contributed by atoms with van der Waals surface area (Å²) < 4.78 is 10.9. The molecule has 2 aromatic carbocycles. The molecule has 0 radical (unpaired) electrons. The summed E-state index contributed by atoms with van der Waals surface area (Å²) in [6, 6.07) is 12.7. The van der Waals surface area contributed by atoms with Crippen LogP contribution in [0.1, 0.15) is 19.4 Å². The van der Waals surface area contributed by atoms with E-state index < -0.39 is 0 Å². The highest BCUT2D eigenvalue weighted by molar-refractivity contribution is 14.0. The third-order valence-electron chi connectivity index (χ3n) is 3.43. The standard InChI is InChI=1S/C19H25N3O3.HI/c1-4-20-19(21-13-14-6-9-16(23)10-7-14)22-15-8-11-17(25-5-2)18(12-15)24-3;/h6-12,23H,4-5,13H2,1-3H3,(H2,20,21,22);1H. The Hall–Kier alpha value is -2.16. The fourth-order valence-corrected chi connectivity index (χ4v) is 2.24. The number of anilines is 1. The van der Waals surface area contributed by atoms with Crippen LogP contribution in [0, 0.1) is 0 Å². The SMILES string of the molecule is CCNC(=NCc1ccc(O)cc1)Nc1ccc(OCC)c(OC)c1.I. The van der Waals surface area contributed by atoms with Gasteiger partial charge in [-0.25, -0.2) is 4.99 Å². The number of nitrogens with zero attached hydrogens (tertiary/aromatic N) is 1. The van der Waals surface area contributed by atoms with Gasteiger partial charge in [-0.2, -0.15) is 0 Å². The minimum atomic E-state index is 0. The summed E-state index contributed by atoms with van der Waals surface area (Å²) in [5.74, 6) is 2.30. The Morgan fingerprint density at radius 3 is 2.42 bits per heavy atom. The van der Waals surface area contributed by atoms with E-state index in [0.717, 1.165) is 17.8 Å². The maximum atomic E-state index is 9.34. The molecule has 0 aliphatic heterocycles. The zero-order valence-corrected chi connectivity index (χ0v) is 17.6. The van der Waals surface area contributed by atoms with Crippen molar-refractivity contribution in [3.8, 4) is 17.2 Å². The highest BCUT2D eigenvalue weighted by Gasteiger charge is 2.07. The van der Waals surface area contributed by atoms with Crippen molar-refractivity contribution in [1.29, 1.82) is 0 Å². The van der Waals surface area contributed by atoms with Crippen LogP contribution < -0.4 is 20.1 Å². The summed E-state index contributed by atoms with van der Waals surface area (Å²) in [7, 11) is 1.62. The first-order valence-electron chi connectivity index (χ1n) is 8.30. The Bertz CT molecular complexity index is 706. The first-order valence-corrected chi connectivity index (χ1v) is 8.30. The first-order chi connectivity index (χ1) is 12.2. The van der Waals surface area contributed by atoms with E-state index in [0.29, 0.717) is 30.6 Å². The summed E-state index contributed by atoms with van der Waals surface area (Å²) in [5.41, 5.74) is 1.87. The Balaban J connectivity index is 0.00000338. The van der Waals surface area contributed by atoms with Gasteiger partial charge >= 0.3 is 0 Å². The van der Waals surface area contributed by atoms with Gasteiger partial charge in [0.2, 0.25) is 0 Å². The summed E-state index contributed by atoms with van der Waals surface area (Å²) in [6.45, 7) is 5.78. The van der Waals surface area contributed by atoms with Gasteiger partial charge in [0.15, 0.2) is 17.5 Å². The molecule has 0 amide bonds. The summed E-state index contributed by atoms with van der Waals surface area (Å²) in [6.07, 6.45) is 0. The fourth-order valence-electron chi connectivity index (χ4n) is 2.24. The van der Waals surface area contributed by atoms with Gasteiger partial charge < -0.3 is 25.2 Å². The number of phenols is 1. The average molecular weight is 471 g/mol. The highest BCUT2D eigenvalue weighted by Crippen LogP contribution is 2.30. The molecule has 0 atom stereocenters. The maximum Gasteiger partial charge on any atom is 0.196 e. The molecule has 26 heavy (non-hydrogen) atoms. The zero-order chi connectivity index (χ0) is 18.1. The van der Waals surface area contributed by atoms with Crippen LogP contribution in [-0.2, 0) is 6.54 Å². The highest BCUT2D eigenvalue weighted by atomic mass is 127. The van der Waals surface area contributed by atoms with E-state index in [1.54, 1.807) is 19.2 Å². The van der Waals surface area contributed by atoms with Gasteiger partial charge in [-0.3, -0.25) is 0 Å². The van der Waals surface area contributed by atoms with E-state index in [9.17, 15) is 5.11 Å². The lowest BCUT2D eigenvalue weighted by Crippen LogP contribution is -2.30. The minimum absolute atomic E-state index is 0. The molecule has 0 bridgehead atoms. The number of hydrogen-bond acceptors (Lipinski definition) is 4. The predicted octanol–water partition coefficient (Wildman–Crippen LogP) is 4.00. The summed E-state index contributed by atoms with van der Waals surface area (Å²) in [4.78, 5) is 4.56. The van der Waals surface area contributed by atoms with Gasteiger partial charge in [0.1, 0.15) is 5.75 Å². The molecule has 0 aromatic heterocycles. The second-order valence-corrected chi connectivity index (χ2v) is 5.29. The van der Waals surface area contributed by atoms with E-state index >= 15 is 0 Å². The fraction of sp³-hybridized carbons (Fsp3) is 0.316. The second kappa shape index (κ2) is 11.5. The Morgan fingerprint density at radius 1 is 1.08 bits per heavy atom. The molecule has 142 valence electrons. The number of rotatable bonds is 7. The lowest BCUT2D eigenvalue weighted by atomic mass is 10.2. The number of hydrogen-bond donors (Lipinski definition) is 3. The number of halogens is 1. The molecule has 2 aromatic rings. The molecule has 0 saturated carbocycles. The summed E-state index contributed by atoms with van der Waals surface area (Å²) in [5, 5.41) is 15.8. The van der Waals surface area contributed by atoms with E-state index in [4.69, 9.17) is 9.47 Å². The quantitative estimate of drug-likeness (QED) is 0.324. The second-order valence-electron chi connectivity index (χ2n) is 5.29. The Morgan fingerprint density at radius 2 is 1.81 bits per heavy atom. The van der Waals surface area contributed by atoms with Crippen LogP contribution in [0.25, 0.3) is 0 Å². The summed E-state index contributed by atoms with van der Waals surface area (Å²) >= 11 is 0. The molecule has 6 nitrogen and oxygen atoms in total. The number of aliphatic imine (C=N–C) groups is 1. The molecule has 0 saturated heterocycles. The third-order valence-corrected chi connectivity index (χ3v) is 3.43. The predicted molar refractivity (Wildman–Crippen MR) is 116 cm³/mol. The number of ether oxygens (including phenoxy) is 2. The van der Waals surface area contributed by atoms with Gasteiger partial charge in [0.05, 0.1) is 20.3 Å². The van der Waals surface area contributed by atoms with Gasteiger partial charge in [-0.1, -0.05) is 12.1 Å².